The van der Waals surface area contributed by atoms with Crippen LogP contribution in [0.15, 0.2) is 127 Å². The highest BCUT2D eigenvalue weighted by atomic mass is 15.0. The molecule has 0 saturated carbocycles. The van der Waals surface area contributed by atoms with Crippen molar-refractivity contribution in [2.45, 2.75) is 0 Å². The van der Waals surface area contributed by atoms with Gasteiger partial charge in [0.2, 0.25) is 0 Å². The van der Waals surface area contributed by atoms with E-state index in [0.29, 0.717) is 0 Å². The van der Waals surface area contributed by atoms with Gasteiger partial charge in [0.15, 0.2) is 0 Å². The van der Waals surface area contributed by atoms with Crippen molar-refractivity contribution >= 4 is 54.1 Å². The molecule has 8 aromatic rings. The number of nitrogens with zero attached hydrogens (tertiary/aromatic N) is 1. The molecule has 0 fully saturated rings. The van der Waals surface area contributed by atoms with Crippen molar-refractivity contribution < 1.29 is 0 Å². The van der Waals surface area contributed by atoms with Crippen molar-refractivity contribution in [1.82, 2.24) is 4.57 Å². The first-order chi connectivity index (χ1) is 17.4. The van der Waals surface area contributed by atoms with Crippen LogP contribution in [0.3, 0.4) is 0 Å². The molecular formula is C34H21N. The minimum atomic E-state index is 1.19. The zero-order chi connectivity index (χ0) is 22.9. The first kappa shape index (κ1) is 18.8. The standard InChI is InChI=1S/C34H21N/c1-2-9-26(10-3-1)35-31-12-5-4-11-28(31)30-21-25(17-20-32(30)35)27-18-15-24-14-13-22-7-6-8-23-16-19-29(27)34(24)33(22)23/h1-21H. The molecule has 0 amide bonds. The van der Waals surface area contributed by atoms with E-state index in [1.807, 2.05) is 0 Å². The van der Waals surface area contributed by atoms with Gasteiger partial charge in [-0.1, -0.05) is 97.1 Å². The number of hydrogen-bond acceptors (Lipinski definition) is 0. The van der Waals surface area contributed by atoms with E-state index >= 15 is 0 Å². The second kappa shape index (κ2) is 6.94. The van der Waals surface area contributed by atoms with Crippen molar-refractivity contribution in [3.63, 3.8) is 0 Å². The predicted molar refractivity (Wildman–Crippen MR) is 150 cm³/mol. The lowest BCUT2D eigenvalue weighted by molar-refractivity contribution is 1.18. The predicted octanol–water partition coefficient (Wildman–Crippen LogP) is 9.35. The summed E-state index contributed by atoms with van der Waals surface area (Å²) in [6.07, 6.45) is 0. The van der Waals surface area contributed by atoms with E-state index in [2.05, 4.69) is 132 Å². The molecule has 0 aliphatic carbocycles. The second-order valence-corrected chi connectivity index (χ2v) is 9.39. The highest BCUT2D eigenvalue weighted by Crippen LogP contribution is 2.41. The van der Waals surface area contributed by atoms with Crippen LogP contribution in [0.5, 0.6) is 0 Å². The van der Waals surface area contributed by atoms with Gasteiger partial charge in [-0.3, -0.25) is 0 Å². The Balaban J connectivity index is 1.45. The van der Waals surface area contributed by atoms with E-state index < -0.39 is 0 Å². The third kappa shape index (κ3) is 2.58. The van der Waals surface area contributed by atoms with Crippen LogP contribution in [-0.2, 0) is 0 Å². The molecule has 0 aliphatic heterocycles. The highest BCUT2D eigenvalue weighted by Gasteiger charge is 2.15. The van der Waals surface area contributed by atoms with Crippen LogP contribution in [0.4, 0.5) is 0 Å². The van der Waals surface area contributed by atoms with Crippen molar-refractivity contribution in [3.05, 3.63) is 127 Å². The van der Waals surface area contributed by atoms with Gasteiger partial charge < -0.3 is 4.57 Å². The summed E-state index contributed by atoms with van der Waals surface area (Å²) in [6.45, 7) is 0. The summed E-state index contributed by atoms with van der Waals surface area (Å²) in [5.74, 6) is 0. The van der Waals surface area contributed by atoms with Gasteiger partial charge in [-0.2, -0.15) is 0 Å². The van der Waals surface area contributed by atoms with Gasteiger partial charge in [0.1, 0.15) is 0 Å². The van der Waals surface area contributed by atoms with Crippen LogP contribution in [0.2, 0.25) is 0 Å². The Labute approximate surface area is 202 Å². The van der Waals surface area contributed by atoms with Gasteiger partial charge in [-0.05, 0) is 73.8 Å². The monoisotopic (exact) mass is 443 g/mol. The Bertz CT molecular complexity index is 2030. The number of rotatable bonds is 2. The van der Waals surface area contributed by atoms with E-state index in [0.717, 1.165) is 0 Å². The van der Waals surface area contributed by atoms with Gasteiger partial charge in [0, 0.05) is 16.5 Å². The zero-order valence-electron chi connectivity index (χ0n) is 19.1. The maximum absolute atomic E-state index is 2.38. The first-order valence-electron chi connectivity index (χ1n) is 12.1. The summed E-state index contributed by atoms with van der Waals surface area (Å²) in [5, 5.41) is 10.5. The van der Waals surface area contributed by atoms with Crippen LogP contribution >= 0.6 is 0 Å². The van der Waals surface area contributed by atoms with Crippen molar-refractivity contribution in [3.8, 4) is 16.8 Å². The molecule has 0 atom stereocenters. The average Bonchev–Trinajstić information content (AvgIpc) is 3.26. The quantitative estimate of drug-likeness (QED) is 0.235. The van der Waals surface area contributed by atoms with Crippen molar-refractivity contribution in [1.29, 1.82) is 0 Å². The van der Waals surface area contributed by atoms with Crippen LogP contribution in [0.25, 0.3) is 70.9 Å². The summed E-state index contributed by atoms with van der Waals surface area (Å²) in [4.78, 5) is 0. The molecule has 0 radical (unpaired) electrons. The van der Waals surface area contributed by atoms with Crippen LogP contribution in [0.1, 0.15) is 0 Å². The molecule has 1 nitrogen and oxygen atoms in total. The lowest BCUT2D eigenvalue weighted by Crippen LogP contribution is -1.93. The highest BCUT2D eigenvalue weighted by molar-refractivity contribution is 6.25. The third-order valence-electron chi connectivity index (χ3n) is 7.53. The number of hydrogen-bond donors (Lipinski definition) is 0. The van der Waals surface area contributed by atoms with Crippen LogP contribution in [0, 0.1) is 0 Å². The molecule has 35 heavy (non-hydrogen) atoms. The number of benzene rings is 7. The van der Waals surface area contributed by atoms with Crippen molar-refractivity contribution in [2.75, 3.05) is 0 Å². The Morgan fingerprint density at radius 3 is 1.94 bits per heavy atom. The molecule has 1 heterocycles. The van der Waals surface area contributed by atoms with Crippen LogP contribution in [-0.4, -0.2) is 4.57 Å². The molecule has 7 aromatic carbocycles. The van der Waals surface area contributed by atoms with Gasteiger partial charge in [-0.15, -0.1) is 0 Å². The molecule has 0 spiro atoms. The smallest absolute Gasteiger partial charge is 0.0541 e. The number of aromatic nitrogens is 1. The summed E-state index contributed by atoms with van der Waals surface area (Å²) in [5.41, 5.74) is 6.20. The average molecular weight is 444 g/mol. The maximum Gasteiger partial charge on any atom is 0.0541 e. The summed E-state index contributed by atoms with van der Waals surface area (Å²) in [7, 11) is 0. The molecule has 0 aliphatic rings. The zero-order valence-corrected chi connectivity index (χ0v) is 19.1. The van der Waals surface area contributed by atoms with E-state index in [1.54, 1.807) is 0 Å². The molecule has 1 aromatic heterocycles. The van der Waals surface area contributed by atoms with Gasteiger partial charge in [0.25, 0.3) is 0 Å². The first-order valence-corrected chi connectivity index (χ1v) is 12.1. The Morgan fingerprint density at radius 1 is 0.400 bits per heavy atom. The fraction of sp³-hybridized carbons (Fsp3) is 0. The second-order valence-electron chi connectivity index (χ2n) is 9.39. The Hall–Kier alpha value is -4.62. The number of para-hydroxylation sites is 2. The summed E-state index contributed by atoms with van der Waals surface area (Å²) in [6, 6.07) is 46.6. The number of fused-ring (bicyclic) bond motifs is 3. The van der Waals surface area contributed by atoms with E-state index in [9.17, 15) is 0 Å². The fourth-order valence-electron chi connectivity index (χ4n) is 5.98. The SMILES string of the molecule is c1ccc(-n2c3ccccc3c3cc(-c4ccc5ccc6cccc7ccc4c5c67)ccc32)cc1. The molecular weight excluding hydrogens is 422 g/mol. The van der Waals surface area contributed by atoms with Gasteiger partial charge in [0.05, 0.1) is 11.0 Å². The lowest BCUT2D eigenvalue weighted by Gasteiger charge is -2.14. The normalized spacial score (nSPS) is 12.0. The summed E-state index contributed by atoms with van der Waals surface area (Å²) >= 11 is 0. The largest absolute Gasteiger partial charge is 0.309 e. The lowest BCUT2D eigenvalue weighted by atomic mass is 9.89. The minimum Gasteiger partial charge on any atom is -0.309 e. The molecule has 0 saturated heterocycles. The van der Waals surface area contributed by atoms with Crippen LogP contribution < -0.4 is 0 Å². The molecule has 162 valence electrons. The van der Waals surface area contributed by atoms with E-state index in [4.69, 9.17) is 0 Å². The van der Waals surface area contributed by atoms with Gasteiger partial charge in [-0.25, -0.2) is 0 Å². The van der Waals surface area contributed by atoms with E-state index in [1.165, 1.54) is 70.9 Å². The Kier molecular flexibility index (Phi) is 3.72. The Morgan fingerprint density at radius 2 is 1.09 bits per heavy atom. The van der Waals surface area contributed by atoms with E-state index in [-0.39, 0.29) is 0 Å². The molecule has 1 heteroatoms. The molecule has 0 unspecified atom stereocenters. The molecule has 8 rings (SSSR count). The molecule has 0 bridgehead atoms. The topological polar surface area (TPSA) is 4.93 Å². The molecule has 0 N–H and O–H groups in total. The third-order valence-corrected chi connectivity index (χ3v) is 7.53. The fourth-order valence-corrected chi connectivity index (χ4v) is 5.98. The summed E-state index contributed by atoms with van der Waals surface area (Å²) < 4.78 is 2.37. The minimum absolute atomic E-state index is 1.19. The van der Waals surface area contributed by atoms with Crippen molar-refractivity contribution in [2.24, 2.45) is 0 Å². The van der Waals surface area contributed by atoms with Gasteiger partial charge >= 0.3 is 0 Å². The maximum atomic E-state index is 2.38.